The maximum atomic E-state index is 5.70. The normalized spacial score (nSPS) is 13.8. The van der Waals surface area contributed by atoms with Gasteiger partial charge in [0, 0.05) is 0 Å². The number of methoxy groups -OCH3 is 1. The molecule has 0 aromatic carbocycles. The Balaban J connectivity index is 2.03. The zero-order chi connectivity index (χ0) is 12.1. The van der Waals surface area contributed by atoms with Gasteiger partial charge in [-0.05, 0) is 12.8 Å². The Labute approximate surface area is 107 Å². The number of unbranched alkanes of at least 4 members (excludes halogenated alkanes) is 3. The Hall–Kier alpha value is -0.900. The smallest absolute Gasteiger partial charge is 0.221 e. The van der Waals surface area contributed by atoms with Crippen LogP contribution in [-0.4, -0.2) is 20.3 Å². The van der Waals surface area contributed by atoms with E-state index in [1.807, 2.05) is 0 Å². The van der Waals surface area contributed by atoms with Gasteiger partial charge in [-0.25, -0.2) is 0 Å². The second kappa shape index (κ2) is 6.15. The zero-order valence-corrected chi connectivity index (χ0v) is 11.4. The lowest BCUT2D eigenvalue weighted by Crippen LogP contribution is -2.15. The minimum atomic E-state index is 0.620. The van der Waals surface area contributed by atoms with Crippen molar-refractivity contribution in [1.29, 1.82) is 0 Å². The molecule has 0 atom stereocenters. The third-order valence-corrected chi connectivity index (χ3v) is 4.05. The number of ether oxygens (including phenoxy) is 3. The predicted molar refractivity (Wildman–Crippen MR) is 69.7 cm³/mol. The molecule has 3 nitrogen and oxygen atoms in total. The quantitative estimate of drug-likeness (QED) is 0.727. The molecule has 1 aliphatic heterocycles. The minimum absolute atomic E-state index is 0.620. The molecule has 0 fully saturated rings. The van der Waals surface area contributed by atoms with E-state index < -0.39 is 0 Å². The van der Waals surface area contributed by atoms with E-state index in [2.05, 4.69) is 6.92 Å². The van der Waals surface area contributed by atoms with Crippen molar-refractivity contribution in [3.63, 3.8) is 0 Å². The van der Waals surface area contributed by atoms with Crippen molar-refractivity contribution in [3.05, 3.63) is 4.88 Å². The Morgan fingerprint density at radius 1 is 1.12 bits per heavy atom. The van der Waals surface area contributed by atoms with E-state index in [-0.39, 0.29) is 0 Å². The molecule has 0 saturated carbocycles. The molecular formula is C13H20O3S. The molecule has 0 N–H and O–H groups in total. The number of hydrogen-bond acceptors (Lipinski definition) is 4. The van der Waals surface area contributed by atoms with Crippen LogP contribution in [0.2, 0.25) is 0 Å². The van der Waals surface area contributed by atoms with Crippen LogP contribution >= 0.6 is 11.3 Å². The molecule has 17 heavy (non-hydrogen) atoms. The summed E-state index contributed by atoms with van der Waals surface area (Å²) in [6, 6.07) is 0. The highest BCUT2D eigenvalue weighted by Crippen LogP contribution is 2.49. The molecule has 1 aromatic heterocycles. The van der Waals surface area contributed by atoms with E-state index in [0.717, 1.165) is 23.0 Å². The second-order valence-corrected chi connectivity index (χ2v) is 5.25. The third-order valence-electron chi connectivity index (χ3n) is 2.88. The molecule has 0 bridgehead atoms. The zero-order valence-electron chi connectivity index (χ0n) is 10.6. The van der Waals surface area contributed by atoms with E-state index in [0.29, 0.717) is 13.2 Å². The van der Waals surface area contributed by atoms with Crippen LogP contribution in [0, 0.1) is 0 Å². The van der Waals surface area contributed by atoms with Gasteiger partial charge in [-0.1, -0.05) is 37.5 Å². The second-order valence-electron chi connectivity index (χ2n) is 4.18. The summed E-state index contributed by atoms with van der Waals surface area (Å²) in [5, 5.41) is 0.852. The van der Waals surface area contributed by atoms with Crippen LogP contribution < -0.4 is 14.2 Å². The molecule has 2 heterocycles. The standard InChI is InChI=1S/C13H20O3S/c1-3-4-5-6-7-10-11-12(13(14-2)17-10)16-9-8-15-11/h3-9H2,1-2H3. The summed E-state index contributed by atoms with van der Waals surface area (Å²) in [5.41, 5.74) is 0. The monoisotopic (exact) mass is 256 g/mol. The highest BCUT2D eigenvalue weighted by Gasteiger charge is 2.24. The van der Waals surface area contributed by atoms with Gasteiger partial charge in [-0.15, -0.1) is 0 Å². The summed E-state index contributed by atoms with van der Waals surface area (Å²) in [4.78, 5) is 1.27. The average Bonchev–Trinajstić information content (AvgIpc) is 2.73. The van der Waals surface area contributed by atoms with Crippen LogP contribution in [0.15, 0.2) is 0 Å². The Morgan fingerprint density at radius 3 is 2.59 bits per heavy atom. The van der Waals surface area contributed by atoms with Crippen LogP contribution in [0.5, 0.6) is 16.6 Å². The molecule has 96 valence electrons. The molecule has 0 spiro atoms. The van der Waals surface area contributed by atoms with Crippen molar-refractivity contribution in [3.8, 4) is 16.6 Å². The molecule has 1 aromatic rings. The molecule has 0 saturated heterocycles. The van der Waals surface area contributed by atoms with Crippen molar-refractivity contribution in [1.82, 2.24) is 0 Å². The SMILES string of the molecule is CCCCCCc1sc(OC)c2c1OCCO2. The first kappa shape index (κ1) is 12.6. The molecule has 1 aliphatic rings. The summed E-state index contributed by atoms with van der Waals surface area (Å²) in [5.74, 6) is 1.74. The average molecular weight is 256 g/mol. The van der Waals surface area contributed by atoms with Crippen LogP contribution in [0.3, 0.4) is 0 Å². The van der Waals surface area contributed by atoms with Crippen molar-refractivity contribution in [2.75, 3.05) is 20.3 Å². The van der Waals surface area contributed by atoms with Gasteiger partial charge >= 0.3 is 0 Å². The van der Waals surface area contributed by atoms with Crippen LogP contribution in [0.1, 0.15) is 37.5 Å². The van der Waals surface area contributed by atoms with E-state index in [9.17, 15) is 0 Å². The number of rotatable bonds is 6. The van der Waals surface area contributed by atoms with E-state index in [1.165, 1.54) is 30.6 Å². The fraction of sp³-hybridized carbons (Fsp3) is 0.692. The molecule has 4 heteroatoms. The summed E-state index contributed by atoms with van der Waals surface area (Å²) in [6.45, 7) is 3.50. The first-order valence-electron chi connectivity index (χ1n) is 6.32. The summed E-state index contributed by atoms with van der Waals surface area (Å²) in [7, 11) is 1.69. The topological polar surface area (TPSA) is 27.7 Å². The van der Waals surface area contributed by atoms with E-state index in [4.69, 9.17) is 14.2 Å². The fourth-order valence-corrected chi connectivity index (χ4v) is 3.04. The largest absolute Gasteiger partial charge is 0.485 e. The number of thiophene rings is 1. The lowest BCUT2D eigenvalue weighted by atomic mass is 10.1. The summed E-state index contributed by atoms with van der Waals surface area (Å²) >= 11 is 1.66. The minimum Gasteiger partial charge on any atom is -0.485 e. The van der Waals surface area contributed by atoms with Crippen molar-refractivity contribution >= 4 is 11.3 Å². The van der Waals surface area contributed by atoms with Crippen LogP contribution in [0.4, 0.5) is 0 Å². The maximum absolute atomic E-state index is 5.70. The van der Waals surface area contributed by atoms with Gasteiger partial charge in [-0.2, -0.15) is 0 Å². The molecule has 0 aliphatic carbocycles. The first-order chi connectivity index (χ1) is 8.36. The highest BCUT2D eigenvalue weighted by atomic mass is 32.1. The number of hydrogen-bond donors (Lipinski definition) is 0. The molecule has 0 amide bonds. The summed E-state index contributed by atoms with van der Waals surface area (Å²) in [6.07, 6.45) is 6.15. The molecular weight excluding hydrogens is 236 g/mol. The summed E-state index contributed by atoms with van der Waals surface area (Å²) < 4.78 is 16.6. The van der Waals surface area contributed by atoms with Gasteiger partial charge in [0.15, 0.2) is 5.75 Å². The van der Waals surface area contributed by atoms with Gasteiger partial charge in [0.1, 0.15) is 13.2 Å². The van der Waals surface area contributed by atoms with Gasteiger partial charge in [0.2, 0.25) is 10.8 Å². The van der Waals surface area contributed by atoms with Crippen molar-refractivity contribution < 1.29 is 14.2 Å². The van der Waals surface area contributed by atoms with Gasteiger partial charge in [0.05, 0.1) is 12.0 Å². The molecule has 0 unspecified atom stereocenters. The van der Waals surface area contributed by atoms with Crippen molar-refractivity contribution in [2.45, 2.75) is 39.0 Å². The first-order valence-corrected chi connectivity index (χ1v) is 7.13. The van der Waals surface area contributed by atoms with E-state index >= 15 is 0 Å². The molecule has 0 radical (unpaired) electrons. The van der Waals surface area contributed by atoms with Crippen molar-refractivity contribution in [2.24, 2.45) is 0 Å². The Bertz CT molecular complexity index is 360. The maximum Gasteiger partial charge on any atom is 0.221 e. The fourth-order valence-electron chi connectivity index (χ4n) is 1.99. The molecule has 2 rings (SSSR count). The predicted octanol–water partition coefficient (Wildman–Crippen LogP) is 3.65. The Morgan fingerprint density at radius 2 is 1.88 bits per heavy atom. The van der Waals surface area contributed by atoms with Crippen LogP contribution in [-0.2, 0) is 6.42 Å². The number of aryl methyl sites for hydroxylation is 1. The highest BCUT2D eigenvalue weighted by molar-refractivity contribution is 7.14. The van der Waals surface area contributed by atoms with Gasteiger partial charge < -0.3 is 14.2 Å². The lowest BCUT2D eigenvalue weighted by Gasteiger charge is -2.16. The van der Waals surface area contributed by atoms with Gasteiger partial charge in [0.25, 0.3) is 0 Å². The van der Waals surface area contributed by atoms with Gasteiger partial charge in [-0.3, -0.25) is 0 Å². The van der Waals surface area contributed by atoms with Crippen LogP contribution in [0.25, 0.3) is 0 Å². The lowest BCUT2D eigenvalue weighted by molar-refractivity contribution is 0.167. The van der Waals surface area contributed by atoms with E-state index in [1.54, 1.807) is 18.4 Å². The third kappa shape index (κ3) is 2.86. The number of fused-ring (bicyclic) bond motifs is 1. The Kier molecular flexibility index (Phi) is 4.54.